The second kappa shape index (κ2) is 7.34. The third kappa shape index (κ3) is 3.77. The Morgan fingerprint density at radius 3 is 2.74 bits per heavy atom. The Bertz CT molecular complexity index is 826. The summed E-state index contributed by atoms with van der Waals surface area (Å²) < 4.78 is 29.9. The predicted octanol–water partition coefficient (Wildman–Crippen LogP) is 3.72. The van der Waals surface area contributed by atoms with E-state index in [9.17, 15) is 14.3 Å². The summed E-state index contributed by atoms with van der Waals surface area (Å²) in [4.78, 5) is 12.8. The van der Waals surface area contributed by atoms with Crippen molar-refractivity contribution in [3.05, 3.63) is 53.8 Å². The van der Waals surface area contributed by atoms with Crippen molar-refractivity contribution in [1.29, 1.82) is 0 Å². The fraction of sp³-hybridized carbons (Fsp3) is 0.350. The molecule has 1 amide bonds. The normalized spacial score (nSPS) is 21.1. The molecule has 2 aromatic rings. The van der Waals surface area contributed by atoms with Crippen molar-refractivity contribution >= 4 is 6.09 Å². The Morgan fingerprint density at radius 2 is 1.96 bits per heavy atom. The lowest BCUT2D eigenvalue weighted by atomic mass is 9.81. The number of rotatable bonds is 4. The van der Waals surface area contributed by atoms with Crippen molar-refractivity contribution < 1.29 is 28.5 Å². The molecule has 142 valence electrons. The summed E-state index contributed by atoms with van der Waals surface area (Å²) in [5.41, 5.74) is 1.00. The molecule has 0 aromatic heterocycles. The Labute approximate surface area is 156 Å². The molecule has 2 unspecified atom stereocenters. The van der Waals surface area contributed by atoms with E-state index < -0.39 is 6.09 Å². The summed E-state index contributed by atoms with van der Waals surface area (Å²) in [5.74, 6) is 1.75. The number of hydrogen-bond acceptors (Lipinski definition) is 4. The first-order valence-electron chi connectivity index (χ1n) is 8.86. The summed E-state index contributed by atoms with van der Waals surface area (Å²) in [6.45, 7) is 1.38. The number of benzene rings is 2. The molecule has 0 saturated carbocycles. The number of amides is 1. The smallest absolute Gasteiger partial charge is 0.407 e. The van der Waals surface area contributed by atoms with Crippen LogP contribution in [0, 0.1) is 11.7 Å². The SMILES string of the molecule is O=C(O)N1CCC(c2ccc(F)cc2)C(COc2ccc3c(c2)OCO3)C1. The predicted molar refractivity (Wildman–Crippen MR) is 94.9 cm³/mol. The molecule has 6 nitrogen and oxygen atoms in total. The second-order valence-corrected chi connectivity index (χ2v) is 6.76. The lowest BCUT2D eigenvalue weighted by Crippen LogP contribution is -2.44. The van der Waals surface area contributed by atoms with Gasteiger partial charge < -0.3 is 24.2 Å². The first-order chi connectivity index (χ1) is 13.1. The third-order valence-electron chi connectivity index (χ3n) is 5.11. The number of fused-ring (bicyclic) bond motifs is 1. The third-order valence-corrected chi connectivity index (χ3v) is 5.11. The van der Waals surface area contributed by atoms with Crippen LogP contribution < -0.4 is 14.2 Å². The first kappa shape index (κ1) is 17.5. The maximum Gasteiger partial charge on any atom is 0.407 e. The molecule has 0 radical (unpaired) electrons. The largest absolute Gasteiger partial charge is 0.493 e. The number of hydrogen-bond donors (Lipinski definition) is 1. The molecular formula is C20H20FNO5. The van der Waals surface area contributed by atoms with Gasteiger partial charge in [0.15, 0.2) is 11.5 Å². The van der Waals surface area contributed by atoms with Crippen molar-refractivity contribution in [2.24, 2.45) is 5.92 Å². The van der Waals surface area contributed by atoms with Gasteiger partial charge >= 0.3 is 6.09 Å². The zero-order chi connectivity index (χ0) is 18.8. The summed E-state index contributed by atoms with van der Waals surface area (Å²) in [6, 6.07) is 11.8. The maximum atomic E-state index is 13.3. The highest BCUT2D eigenvalue weighted by atomic mass is 19.1. The van der Waals surface area contributed by atoms with Gasteiger partial charge in [0.1, 0.15) is 11.6 Å². The van der Waals surface area contributed by atoms with Gasteiger partial charge in [-0.1, -0.05) is 12.1 Å². The maximum absolute atomic E-state index is 13.3. The standard InChI is InChI=1S/C20H20FNO5/c21-15-3-1-13(2-4-15)17-7-8-22(20(23)24)10-14(17)11-25-16-5-6-18-19(9-16)27-12-26-18/h1-6,9,14,17H,7-8,10-12H2,(H,23,24). The molecule has 2 aliphatic rings. The van der Waals surface area contributed by atoms with E-state index in [0.29, 0.717) is 43.4 Å². The van der Waals surface area contributed by atoms with Crippen LogP contribution in [0.2, 0.25) is 0 Å². The lowest BCUT2D eigenvalue weighted by Gasteiger charge is -2.37. The zero-order valence-corrected chi connectivity index (χ0v) is 14.6. The Kier molecular flexibility index (Phi) is 4.75. The van der Waals surface area contributed by atoms with Gasteiger partial charge in [-0.2, -0.15) is 0 Å². The number of carbonyl (C=O) groups is 1. The molecule has 1 fully saturated rings. The zero-order valence-electron chi connectivity index (χ0n) is 14.6. The van der Waals surface area contributed by atoms with Crippen LogP contribution in [0.3, 0.4) is 0 Å². The van der Waals surface area contributed by atoms with E-state index in [0.717, 1.165) is 5.56 Å². The van der Waals surface area contributed by atoms with Crippen LogP contribution in [0.15, 0.2) is 42.5 Å². The minimum atomic E-state index is -0.930. The molecule has 27 heavy (non-hydrogen) atoms. The van der Waals surface area contributed by atoms with Crippen LogP contribution >= 0.6 is 0 Å². The van der Waals surface area contributed by atoms with Crippen LogP contribution in [0.4, 0.5) is 9.18 Å². The van der Waals surface area contributed by atoms with Crippen molar-refractivity contribution in [2.45, 2.75) is 12.3 Å². The molecule has 7 heteroatoms. The van der Waals surface area contributed by atoms with Gasteiger partial charge in [-0.3, -0.25) is 0 Å². The Balaban J connectivity index is 1.49. The fourth-order valence-corrected chi connectivity index (χ4v) is 3.69. The molecule has 4 rings (SSSR count). The van der Waals surface area contributed by atoms with Gasteiger partial charge in [-0.05, 0) is 42.2 Å². The van der Waals surface area contributed by atoms with Crippen molar-refractivity contribution in [2.75, 3.05) is 26.5 Å². The minimum Gasteiger partial charge on any atom is -0.493 e. The lowest BCUT2D eigenvalue weighted by molar-refractivity contribution is 0.0938. The van der Waals surface area contributed by atoms with Crippen LogP contribution in [-0.4, -0.2) is 42.6 Å². The van der Waals surface area contributed by atoms with Crippen LogP contribution in [0.25, 0.3) is 0 Å². The number of carboxylic acid groups (broad SMARTS) is 1. The number of halogens is 1. The van der Waals surface area contributed by atoms with Gasteiger partial charge in [0, 0.05) is 25.1 Å². The van der Waals surface area contributed by atoms with E-state index >= 15 is 0 Å². The number of nitrogens with zero attached hydrogens (tertiary/aromatic N) is 1. The summed E-state index contributed by atoms with van der Waals surface area (Å²) in [5, 5.41) is 9.35. The van der Waals surface area contributed by atoms with Gasteiger partial charge in [-0.15, -0.1) is 0 Å². The van der Waals surface area contributed by atoms with Crippen LogP contribution in [0.5, 0.6) is 17.2 Å². The average Bonchev–Trinajstić information content (AvgIpc) is 3.14. The Morgan fingerprint density at radius 1 is 1.19 bits per heavy atom. The van der Waals surface area contributed by atoms with Crippen molar-refractivity contribution in [1.82, 2.24) is 4.90 Å². The second-order valence-electron chi connectivity index (χ2n) is 6.76. The van der Waals surface area contributed by atoms with Gasteiger partial charge in [0.2, 0.25) is 6.79 Å². The van der Waals surface area contributed by atoms with E-state index in [1.165, 1.54) is 17.0 Å². The Hall–Kier alpha value is -2.96. The number of ether oxygens (including phenoxy) is 3. The molecule has 0 bridgehead atoms. The fourth-order valence-electron chi connectivity index (χ4n) is 3.69. The highest BCUT2D eigenvalue weighted by molar-refractivity contribution is 5.65. The van der Waals surface area contributed by atoms with E-state index in [-0.39, 0.29) is 24.4 Å². The topological polar surface area (TPSA) is 68.2 Å². The number of likely N-dealkylation sites (tertiary alicyclic amines) is 1. The quantitative estimate of drug-likeness (QED) is 0.885. The molecule has 1 N–H and O–H groups in total. The van der Waals surface area contributed by atoms with E-state index in [1.54, 1.807) is 30.3 Å². The minimum absolute atomic E-state index is 0.0364. The number of piperidine rings is 1. The molecule has 1 saturated heterocycles. The molecule has 2 atom stereocenters. The van der Waals surface area contributed by atoms with E-state index in [2.05, 4.69) is 0 Å². The highest BCUT2D eigenvalue weighted by Gasteiger charge is 2.33. The summed E-state index contributed by atoms with van der Waals surface area (Å²) in [6.07, 6.45) is -0.256. The summed E-state index contributed by atoms with van der Waals surface area (Å²) >= 11 is 0. The first-order valence-corrected chi connectivity index (χ1v) is 8.86. The molecule has 2 aromatic carbocycles. The van der Waals surface area contributed by atoms with Crippen LogP contribution in [-0.2, 0) is 0 Å². The van der Waals surface area contributed by atoms with Crippen molar-refractivity contribution in [3.63, 3.8) is 0 Å². The van der Waals surface area contributed by atoms with E-state index in [1.807, 2.05) is 0 Å². The highest BCUT2D eigenvalue weighted by Crippen LogP contribution is 2.37. The summed E-state index contributed by atoms with van der Waals surface area (Å²) in [7, 11) is 0. The molecule has 0 aliphatic carbocycles. The van der Waals surface area contributed by atoms with Gasteiger partial charge in [-0.25, -0.2) is 9.18 Å². The monoisotopic (exact) mass is 373 g/mol. The molecule has 0 spiro atoms. The molecule has 2 aliphatic heterocycles. The van der Waals surface area contributed by atoms with E-state index in [4.69, 9.17) is 14.2 Å². The molecule has 2 heterocycles. The van der Waals surface area contributed by atoms with Crippen molar-refractivity contribution in [3.8, 4) is 17.2 Å². The van der Waals surface area contributed by atoms with Crippen LogP contribution in [0.1, 0.15) is 17.9 Å². The van der Waals surface area contributed by atoms with Gasteiger partial charge in [0.25, 0.3) is 0 Å². The van der Waals surface area contributed by atoms with Gasteiger partial charge in [0.05, 0.1) is 6.61 Å². The molecular weight excluding hydrogens is 353 g/mol. The average molecular weight is 373 g/mol.